The average molecular weight is 239 g/mol. The quantitative estimate of drug-likeness (QED) is 0.431. The Hall–Kier alpha value is -0.750. The van der Waals surface area contributed by atoms with Crippen molar-refractivity contribution in [3.8, 4) is 0 Å². The number of carbonyl (C=O) groups excluding carboxylic acids is 1. The molecule has 0 rings (SSSR count). The van der Waals surface area contributed by atoms with Crippen LogP contribution in [0.15, 0.2) is 0 Å². The predicted molar refractivity (Wildman–Crippen MR) is 51.4 cm³/mol. The maximum atomic E-state index is 10.9. The highest BCUT2D eigenvalue weighted by molar-refractivity contribution is 7.52. The number of nitrogens with two attached hydrogens (primary N) is 1. The molecule has 0 spiro atoms. The minimum Gasteiger partial charge on any atom is -0.480 e. The van der Waals surface area contributed by atoms with Gasteiger partial charge in [-0.3, -0.25) is 14.2 Å². The summed E-state index contributed by atoms with van der Waals surface area (Å²) in [4.78, 5) is 38.1. The molecule has 0 fully saturated rings. The van der Waals surface area contributed by atoms with E-state index in [-0.39, 0.29) is 19.3 Å². The molecule has 0 saturated heterocycles. The third-order valence-electron chi connectivity index (χ3n) is 1.67. The summed E-state index contributed by atoms with van der Waals surface area (Å²) in [5.74, 6) is -1.74. The third-order valence-corrected chi connectivity index (χ3v) is 2.43. The number of hydrogen-bond acceptors (Lipinski definition) is 4. The van der Waals surface area contributed by atoms with Crippen molar-refractivity contribution in [3.05, 3.63) is 0 Å². The van der Waals surface area contributed by atoms with Crippen LogP contribution in [0, 0.1) is 0 Å². The first-order valence-electron chi connectivity index (χ1n) is 4.27. The number of aliphatic carboxylic acids is 1. The van der Waals surface area contributed by atoms with Crippen LogP contribution in [-0.4, -0.2) is 38.8 Å². The smallest absolute Gasteiger partial charge is 0.332 e. The van der Waals surface area contributed by atoms with Crippen molar-refractivity contribution in [1.82, 2.24) is 0 Å². The van der Waals surface area contributed by atoms with Gasteiger partial charge in [0.15, 0.2) is 0 Å². The molecule has 0 aliphatic carbocycles. The molecule has 0 unspecified atom stereocenters. The average Bonchev–Trinajstić information content (AvgIpc) is 2.00. The van der Waals surface area contributed by atoms with Crippen LogP contribution < -0.4 is 5.73 Å². The summed E-state index contributed by atoms with van der Waals surface area (Å²) in [5, 5.41) is 8.40. The summed E-state index contributed by atoms with van der Waals surface area (Å²) in [6.07, 6.45) is -0.532. The highest BCUT2D eigenvalue weighted by Crippen LogP contribution is 2.34. The minimum absolute atomic E-state index is 0.0634. The summed E-state index contributed by atoms with van der Waals surface area (Å²) in [7, 11) is -4.30. The van der Waals surface area contributed by atoms with Crippen molar-refractivity contribution in [2.45, 2.75) is 25.3 Å². The number of carbonyl (C=O) groups is 2. The summed E-state index contributed by atoms with van der Waals surface area (Å²) in [6.45, 7) is 0. The molecule has 8 heteroatoms. The zero-order valence-corrected chi connectivity index (χ0v) is 8.89. The van der Waals surface area contributed by atoms with E-state index < -0.39 is 31.6 Å². The van der Waals surface area contributed by atoms with Crippen molar-refractivity contribution >= 4 is 19.3 Å². The maximum absolute atomic E-state index is 10.9. The van der Waals surface area contributed by atoms with Crippen molar-refractivity contribution < 1.29 is 29.0 Å². The summed E-state index contributed by atoms with van der Waals surface area (Å²) >= 11 is 0. The zero-order valence-electron chi connectivity index (χ0n) is 8.00. The van der Waals surface area contributed by atoms with E-state index in [2.05, 4.69) is 0 Å². The molecule has 0 aromatic rings. The molecule has 1 atom stereocenters. The molecule has 0 amide bonds. The molecule has 15 heavy (non-hydrogen) atoms. The van der Waals surface area contributed by atoms with E-state index in [1.807, 2.05) is 0 Å². The van der Waals surface area contributed by atoms with E-state index >= 15 is 0 Å². The summed E-state index contributed by atoms with van der Waals surface area (Å²) in [6, 6.07) is -1.03. The number of carboxylic acid groups (broad SMARTS) is 1. The summed E-state index contributed by atoms with van der Waals surface area (Å²) < 4.78 is 10.4. The van der Waals surface area contributed by atoms with Crippen LogP contribution >= 0.6 is 7.60 Å². The predicted octanol–water partition coefficient (Wildman–Crippen LogP) is -0.685. The SMILES string of the molecule is N[C@H](CCCC(=O)CP(=O)(O)O)C(=O)O. The molecule has 0 radical (unpaired) electrons. The molecule has 0 aromatic carbocycles. The lowest BCUT2D eigenvalue weighted by Gasteiger charge is -2.05. The fourth-order valence-corrected chi connectivity index (χ4v) is 1.57. The maximum Gasteiger partial charge on any atom is 0.332 e. The highest BCUT2D eigenvalue weighted by atomic mass is 31.2. The van der Waals surface area contributed by atoms with Crippen LogP contribution in [0.4, 0.5) is 0 Å². The second-order valence-electron chi connectivity index (χ2n) is 3.20. The third kappa shape index (κ3) is 8.26. The lowest BCUT2D eigenvalue weighted by atomic mass is 10.1. The largest absolute Gasteiger partial charge is 0.480 e. The van der Waals surface area contributed by atoms with Gasteiger partial charge < -0.3 is 20.6 Å². The van der Waals surface area contributed by atoms with Gasteiger partial charge in [-0.05, 0) is 12.8 Å². The van der Waals surface area contributed by atoms with Gasteiger partial charge in [-0.2, -0.15) is 0 Å². The van der Waals surface area contributed by atoms with Crippen LogP contribution in [0.3, 0.4) is 0 Å². The fourth-order valence-electron chi connectivity index (χ4n) is 0.951. The standard InChI is InChI=1S/C7H14NO6P/c8-6(7(10)11)3-1-2-5(9)4-15(12,13)14/h6H,1-4,8H2,(H,10,11)(H2,12,13,14)/t6-/m1/s1. The lowest BCUT2D eigenvalue weighted by molar-refractivity contribution is -0.138. The van der Waals surface area contributed by atoms with E-state index in [9.17, 15) is 14.2 Å². The fraction of sp³-hybridized carbons (Fsp3) is 0.714. The van der Waals surface area contributed by atoms with Gasteiger partial charge in [-0.15, -0.1) is 0 Å². The molecule has 0 saturated carbocycles. The van der Waals surface area contributed by atoms with E-state index in [0.29, 0.717) is 0 Å². The Morgan fingerprint density at radius 2 is 1.87 bits per heavy atom. The molecule has 88 valence electrons. The number of hydrogen-bond donors (Lipinski definition) is 4. The Bertz CT molecular complexity index is 285. The van der Waals surface area contributed by atoms with Crippen LogP contribution in [-0.2, 0) is 14.2 Å². The molecule has 0 bridgehead atoms. The molecule has 0 aliphatic rings. The van der Waals surface area contributed by atoms with Crippen molar-refractivity contribution in [2.24, 2.45) is 5.73 Å². The van der Waals surface area contributed by atoms with Crippen molar-refractivity contribution in [2.75, 3.05) is 6.16 Å². The van der Waals surface area contributed by atoms with E-state index in [4.69, 9.17) is 20.6 Å². The van der Waals surface area contributed by atoms with Gasteiger partial charge in [0.05, 0.1) is 0 Å². The first-order valence-corrected chi connectivity index (χ1v) is 6.07. The van der Waals surface area contributed by atoms with E-state index in [0.717, 1.165) is 0 Å². The Kier molecular flexibility index (Phi) is 5.67. The first-order chi connectivity index (χ1) is 6.72. The van der Waals surface area contributed by atoms with Gasteiger partial charge >= 0.3 is 13.6 Å². The van der Waals surface area contributed by atoms with Crippen molar-refractivity contribution in [1.29, 1.82) is 0 Å². The zero-order chi connectivity index (χ0) is 12.1. The molecule has 5 N–H and O–H groups in total. The molecule has 0 heterocycles. The minimum atomic E-state index is -4.30. The molecule has 0 aromatic heterocycles. The van der Waals surface area contributed by atoms with Gasteiger partial charge in [0, 0.05) is 6.42 Å². The highest BCUT2D eigenvalue weighted by Gasteiger charge is 2.19. The topological polar surface area (TPSA) is 138 Å². The number of ketones is 1. The number of rotatable bonds is 7. The van der Waals surface area contributed by atoms with Gasteiger partial charge in [-0.1, -0.05) is 0 Å². The Labute approximate surface area is 86.4 Å². The van der Waals surface area contributed by atoms with Gasteiger partial charge in [0.2, 0.25) is 0 Å². The molecule has 0 aliphatic heterocycles. The Morgan fingerprint density at radius 3 is 2.27 bits per heavy atom. The number of carboxylic acids is 1. The van der Waals surface area contributed by atoms with Gasteiger partial charge in [0.25, 0.3) is 0 Å². The van der Waals surface area contributed by atoms with Crippen LogP contribution in [0.25, 0.3) is 0 Å². The van der Waals surface area contributed by atoms with Crippen LogP contribution in [0.1, 0.15) is 19.3 Å². The van der Waals surface area contributed by atoms with Crippen molar-refractivity contribution in [3.63, 3.8) is 0 Å². The normalized spacial score (nSPS) is 13.5. The lowest BCUT2D eigenvalue weighted by Crippen LogP contribution is -2.29. The van der Waals surface area contributed by atoms with Crippen LogP contribution in [0.2, 0.25) is 0 Å². The summed E-state index contributed by atoms with van der Waals surface area (Å²) in [5.41, 5.74) is 5.17. The van der Waals surface area contributed by atoms with Crippen LogP contribution in [0.5, 0.6) is 0 Å². The first kappa shape index (κ1) is 14.2. The van der Waals surface area contributed by atoms with E-state index in [1.165, 1.54) is 0 Å². The second-order valence-corrected chi connectivity index (χ2v) is 4.84. The molecular formula is C7H14NO6P. The second kappa shape index (κ2) is 5.97. The molecule has 7 nitrogen and oxygen atoms in total. The van der Waals surface area contributed by atoms with Gasteiger partial charge in [-0.25, -0.2) is 0 Å². The Morgan fingerprint density at radius 1 is 1.33 bits per heavy atom. The monoisotopic (exact) mass is 239 g/mol. The number of Topliss-reactive ketones (excluding diaryl/α,β-unsaturated/α-hetero) is 1. The van der Waals surface area contributed by atoms with E-state index in [1.54, 1.807) is 0 Å². The molecular weight excluding hydrogens is 225 g/mol. The Balaban J connectivity index is 3.74. The van der Waals surface area contributed by atoms with Gasteiger partial charge in [0.1, 0.15) is 18.0 Å².